The first-order chi connectivity index (χ1) is 8.60. The minimum Gasteiger partial charge on any atom is -0.310 e. The molecule has 0 aliphatic rings. The molecule has 2 heterocycles. The third kappa shape index (κ3) is 3.40. The molecule has 1 N–H and O–H groups in total. The van der Waals surface area contributed by atoms with E-state index in [1.807, 2.05) is 13.2 Å². The summed E-state index contributed by atoms with van der Waals surface area (Å²) < 4.78 is 4.02. The largest absolute Gasteiger partial charge is 0.310 e. The van der Waals surface area contributed by atoms with Crippen molar-refractivity contribution in [3.63, 3.8) is 0 Å². The fourth-order valence-electron chi connectivity index (χ4n) is 1.83. The van der Waals surface area contributed by atoms with Crippen molar-refractivity contribution in [2.75, 3.05) is 6.54 Å². The SMILES string of the molecule is CCNC(Cc1cn(C)nn1)c1cc(Br)sc1Br. The van der Waals surface area contributed by atoms with Crippen molar-refractivity contribution in [2.24, 2.45) is 7.05 Å². The second kappa shape index (κ2) is 6.27. The van der Waals surface area contributed by atoms with Gasteiger partial charge in [0, 0.05) is 25.7 Å². The average Bonchev–Trinajstić information content (AvgIpc) is 2.84. The summed E-state index contributed by atoms with van der Waals surface area (Å²) in [5.41, 5.74) is 2.26. The third-order valence-corrected chi connectivity index (χ3v) is 4.96. The van der Waals surface area contributed by atoms with Crippen LogP contribution in [-0.2, 0) is 13.5 Å². The normalized spacial score (nSPS) is 12.9. The Balaban J connectivity index is 2.20. The lowest BCUT2D eigenvalue weighted by molar-refractivity contribution is 0.543. The maximum absolute atomic E-state index is 4.15. The molecule has 2 aromatic heterocycles. The molecular weight excluding hydrogens is 380 g/mol. The molecule has 0 bridgehead atoms. The van der Waals surface area contributed by atoms with E-state index in [1.165, 1.54) is 5.56 Å². The van der Waals surface area contributed by atoms with Crippen LogP contribution in [0.3, 0.4) is 0 Å². The van der Waals surface area contributed by atoms with E-state index in [9.17, 15) is 0 Å². The zero-order valence-electron chi connectivity index (χ0n) is 10.2. The number of nitrogens with zero attached hydrogens (tertiary/aromatic N) is 3. The van der Waals surface area contributed by atoms with Gasteiger partial charge in [0.2, 0.25) is 0 Å². The van der Waals surface area contributed by atoms with Crippen LogP contribution < -0.4 is 5.32 Å². The maximum atomic E-state index is 4.15. The number of likely N-dealkylation sites (N-methyl/N-ethyl adjacent to an activating group) is 1. The standard InChI is InChI=1S/C11H14Br2N4S/c1-3-14-9(4-7-6-17(2)16-15-7)8-5-10(12)18-11(8)13/h5-6,9,14H,3-4H2,1-2H3. The van der Waals surface area contributed by atoms with E-state index in [0.717, 1.165) is 26.2 Å². The molecule has 18 heavy (non-hydrogen) atoms. The van der Waals surface area contributed by atoms with Gasteiger partial charge in [-0.2, -0.15) is 0 Å². The molecule has 7 heteroatoms. The fourth-order valence-corrected chi connectivity index (χ4v) is 4.80. The van der Waals surface area contributed by atoms with Gasteiger partial charge in [0.15, 0.2) is 0 Å². The molecule has 0 aliphatic carbocycles. The summed E-state index contributed by atoms with van der Waals surface area (Å²) in [5.74, 6) is 0. The van der Waals surface area contributed by atoms with Crippen LogP contribution in [0.1, 0.15) is 24.2 Å². The molecule has 0 saturated carbocycles. The molecule has 2 rings (SSSR count). The Morgan fingerprint density at radius 2 is 2.28 bits per heavy atom. The van der Waals surface area contributed by atoms with Crippen molar-refractivity contribution in [1.82, 2.24) is 20.3 Å². The Morgan fingerprint density at radius 1 is 1.50 bits per heavy atom. The van der Waals surface area contributed by atoms with Crippen LogP contribution in [-0.4, -0.2) is 21.5 Å². The fraction of sp³-hybridized carbons (Fsp3) is 0.455. The lowest BCUT2D eigenvalue weighted by atomic mass is 10.1. The number of hydrogen-bond acceptors (Lipinski definition) is 4. The van der Waals surface area contributed by atoms with Crippen LogP contribution in [0.2, 0.25) is 0 Å². The highest BCUT2D eigenvalue weighted by Gasteiger charge is 2.18. The quantitative estimate of drug-likeness (QED) is 0.847. The predicted molar refractivity (Wildman–Crippen MR) is 80.8 cm³/mol. The number of thiophene rings is 1. The Kier molecular flexibility index (Phi) is 4.94. The van der Waals surface area contributed by atoms with Gasteiger partial charge in [-0.3, -0.25) is 4.68 Å². The highest BCUT2D eigenvalue weighted by molar-refractivity contribution is 9.12. The Labute approximate surface area is 127 Å². The van der Waals surface area contributed by atoms with Gasteiger partial charge >= 0.3 is 0 Å². The van der Waals surface area contributed by atoms with Gasteiger partial charge in [-0.1, -0.05) is 12.1 Å². The Morgan fingerprint density at radius 3 is 2.78 bits per heavy atom. The summed E-state index contributed by atoms with van der Waals surface area (Å²) in [5, 5.41) is 11.6. The minimum absolute atomic E-state index is 0.253. The van der Waals surface area contributed by atoms with Crippen LogP contribution in [0, 0.1) is 0 Å². The number of aryl methyl sites for hydroxylation is 1. The highest BCUT2D eigenvalue weighted by Crippen LogP contribution is 2.36. The monoisotopic (exact) mass is 392 g/mol. The van der Waals surface area contributed by atoms with Gasteiger partial charge in [0.25, 0.3) is 0 Å². The zero-order chi connectivity index (χ0) is 13.1. The molecule has 0 aliphatic heterocycles. The van der Waals surface area contributed by atoms with E-state index >= 15 is 0 Å². The number of hydrogen-bond donors (Lipinski definition) is 1. The molecule has 4 nitrogen and oxygen atoms in total. The van der Waals surface area contributed by atoms with Crippen molar-refractivity contribution < 1.29 is 0 Å². The number of rotatable bonds is 5. The van der Waals surface area contributed by atoms with Crippen LogP contribution in [0.25, 0.3) is 0 Å². The highest BCUT2D eigenvalue weighted by atomic mass is 79.9. The van der Waals surface area contributed by atoms with Crippen LogP contribution >= 0.6 is 43.2 Å². The van der Waals surface area contributed by atoms with E-state index in [0.29, 0.717) is 0 Å². The third-order valence-electron chi connectivity index (χ3n) is 2.57. The van der Waals surface area contributed by atoms with Gasteiger partial charge in [-0.05, 0) is 50.0 Å². The second-order valence-electron chi connectivity index (χ2n) is 3.98. The molecule has 0 saturated heterocycles. The zero-order valence-corrected chi connectivity index (χ0v) is 14.1. The van der Waals surface area contributed by atoms with Crippen molar-refractivity contribution >= 4 is 43.2 Å². The molecule has 0 aromatic carbocycles. The smallest absolute Gasteiger partial charge is 0.0845 e. The summed E-state index contributed by atoms with van der Waals surface area (Å²) in [6, 6.07) is 2.40. The Hall–Kier alpha value is -0.240. The number of halogens is 2. The second-order valence-corrected chi connectivity index (χ2v) is 7.73. The van der Waals surface area contributed by atoms with Crippen LogP contribution in [0.4, 0.5) is 0 Å². The van der Waals surface area contributed by atoms with E-state index in [-0.39, 0.29) is 6.04 Å². The number of nitrogens with one attached hydrogen (secondary N) is 1. The topological polar surface area (TPSA) is 42.7 Å². The lowest BCUT2D eigenvalue weighted by Gasteiger charge is -2.16. The van der Waals surface area contributed by atoms with E-state index < -0.39 is 0 Å². The van der Waals surface area contributed by atoms with Gasteiger partial charge in [-0.25, -0.2) is 0 Å². The van der Waals surface area contributed by atoms with Crippen LogP contribution in [0.5, 0.6) is 0 Å². The molecule has 1 atom stereocenters. The van der Waals surface area contributed by atoms with Crippen molar-refractivity contribution in [3.05, 3.63) is 31.1 Å². The first-order valence-electron chi connectivity index (χ1n) is 5.63. The van der Waals surface area contributed by atoms with Crippen LogP contribution in [0.15, 0.2) is 19.8 Å². The number of aromatic nitrogens is 3. The maximum Gasteiger partial charge on any atom is 0.0845 e. The van der Waals surface area contributed by atoms with Gasteiger partial charge in [0.05, 0.1) is 13.3 Å². The van der Waals surface area contributed by atoms with Crippen molar-refractivity contribution in [1.29, 1.82) is 0 Å². The van der Waals surface area contributed by atoms with E-state index in [4.69, 9.17) is 0 Å². The van der Waals surface area contributed by atoms with E-state index in [1.54, 1.807) is 16.0 Å². The molecular formula is C11H14Br2N4S. The molecule has 1 unspecified atom stereocenters. The van der Waals surface area contributed by atoms with Crippen molar-refractivity contribution in [3.8, 4) is 0 Å². The predicted octanol–water partition coefficient (Wildman–Crippen LogP) is 3.29. The molecule has 98 valence electrons. The summed E-state index contributed by atoms with van der Waals surface area (Å²) in [6.45, 7) is 3.03. The summed E-state index contributed by atoms with van der Waals surface area (Å²) in [6.07, 6.45) is 2.79. The molecule has 0 spiro atoms. The first-order valence-corrected chi connectivity index (χ1v) is 8.03. The average molecular weight is 394 g/mol. The molecule has 0 radical (unpaired) electrons. The first kappa shape index (κ1) is 14.2. The Bertz CT molecular complexity index is 523. The molecule has 2 aromatic rings. The van der Waals surface area contributed by atoms with E-state index in [2.05, 4.69) is 60.5 Å². The summed E-state index contributed by atoms with van der Waals surface area (Å²) in [7, 11) is 1.88. The van der Waals surface area contributed by atoms with Gasteiger partial charge in [-0.15, -0.1) is 16.4 Å². The summed E-state index contributed by atoms with van der Waals surface area (Å²) >= 11 is 8.83. The molecule has 0 amide bonds. The lowest BCUT2D eigenvalue weighted by Crippen LogP contribution is -2.23. The summed E-state index contributed by atoms with van der Waals surface area (Å²) in [4.78, 5) is 0. The molecule has 0 fully saturated rings. The van der Waals surface area contributed by atoms with Crippen molar-refractivity contribution in [2.45, 2.75) is 19.4 Å². The van der Waals surface area contributed by atoms with Gasteiger partial charge < -0.3 is 5.32 Å². The van der Waals surface area contributed by atoms with Gasteiger partial charge in [0.1, 0.15) is 0 Å². The minimum atomic E-state index is 0.253.